The molecule has 5 rings (SSSR count). The van der Waals surface area contributed by atoms with Crippen LogP contribution in [-0.4, -0.2) is 0 Å². The minimum absolute atomic E-state index is 0. The molecule has 0 saturated carbocycles. The molecule has 3 aromatic rings. The van der Waals surface area contributed by atoms with Gasteiger partial charge in [-0.2, -0.15) is 0 Å². The summed E-state index contributed by atoms with van der Waals surface area (Å²) in [7, 11) is 0. The van der Waals surface area contributed by atoms with E-state index in [9.17, 15) is 0 Å². The van der Waals surface area contributed by atoms with E-state index in [0.717, 1.165) is 17.3 Å². The van der Waals surface area contributed by atoms with Crippen LogP contribution in [0, 0.1) is 0 Å². The van der Waals surface area contributed by atoms with Crippen LogP contribution in [0.2, 0.25) is 0 Å². The maximum absolute atomic E-state index is 3.87. The first kappa shape index (κ1) is 24.7. The third kappa shape index (κ3) is 4.85. The zero-order chi connectivity index (χ0) is 19.3. The van der Waals surface area contributed by atoms with Crippen LogP contribution in [-0.2, 0) is 29.7 Å². The van der Waals surface area contributed by atoms with Crippen LogP contribution in [0.3, 0.4) is 0 Å². The van der Waals surface area contributed by atoms with E-state index in [4.69, 9.17) is 0 Å². The monoisotopic (exact) mass is 700 g/mol. The summed E-state index contributed by atoms with van der Waals surface area (Å²) in [6.07, 6.45) is 6.99. The Balaban J connectivity index is 0.00000128. The molecule has 0 nitrogen and oxygen atoms in total. The van der Waals surface area contributed by atoms with Gasteiger partial charge in [0.1, 0.15) is 0 Å². The maximum Gasteiger partial charge on any atom is -1.00 e. The van der Waals surface area contributed by atoms with E-state index in [1.807, 2.05) is 0 Å². The van der Waals surface area contributed by atoms with Crippen molar-refractivity contribution in [2.75, 3.05) is 0 Å². The molecule has 0 heterocycles. The molecule has 0 unspecified atom stereocenters. The Labute approximate surface area is 226 Å². The van der Waals surface area contributed by atoms with Crippen LogP contribution in [0.15, 0.2) is 83.4 Å². The van der Waals surface area contributed by atoms with Gasteiger partial charge in [-0.05, 0) is 0 Å². The van der Waals surface area contributed by atoms with Crippen molar-refractivity contribution in [2.24, 2.45) is 0 Å². The van der Waals surface area contributed by atoms with E-state index in [2.05, 4.69) is 115 Å². The molecule has 150 valence electrons. The molecule has 2 aliphatic carbocycles. The van der Waals surface area contributed by atoms with Crippen LogP contribution in [0.4, 0.5) is 0 Å². The molecule has 0 aliphatic heterocycles. The SMILES string of the molecule is Brc1ccc(C2=CC[C]([Zr+2][c]3c(Br)ccc4c3Cc3cc(Br)ccc3-4)=C2)cc1.[Cl-].[Cl-]. The summed E-state index contributed by atoms with van der Waals surface area (Å²) in [4.78, 5) is 0. The van der Waals surface area contributed by atoms with E-state index in [-0.39, 0.29) is 24.8 Å². The molecule has 0 spiro atoms. The fourth-order valence-electron chi connectivity index (χ4n) is 3.97. The molecule has 0 aromatic heterocycles. The van der Waals surface area contributed by atoms with Crippen molar-refractivity contribution in [3.8, 4) is 11.1 Å². The van der Waals surface area contributed by atoms with E-state index in [0.29, 0.717) is 0 Å². The molecule has 0 saturated heterocycles. The van der Waals surface area contributed by atoms with Gasteiger partial charge in [0.15, 0.2) is 0 Å². The predicted molar refractivity (Wildman–Crippen MR) is 125 cm³/mol. The van der Waals surface area contributed by atoms with Crippen molar-refractivity contribution in [2.45, 2.75) is 12.8 Å². The Kier molecular flexibility index (Phi) is 8.49. The molecule has 30 heavy (non-hydrogen) atoms. The van der Waals surface area contributed by atoms with Gasteiger partial charge in [-0.25, -0.2) is 0 Å². The van der Waals surface area contributed by atoms with Crippen molar-refractivity contribution < 1.29 is 48.0 Å². The summed E-state index contributed by atoms with van der Waals surface area (Å²) in [5.41, 5.74) is 8.51. The van der Waals surface area contributed by atoms with E-state index in [1.165, 1.54) is 36.8 Å². The quantitative estimate of drug-likeness (QED) is 0.305. The van der Waals surface area contributed by atoms with Crippen molar-refractivity contribution >= 4 is 56.6 Å². The number of fused-ring (bicyclic) bond motifs is 3. The number of benzene rings is 3. The van der Waals surface area contributed by atoms with Crippen LogP contribution in [0.1, 0.15) is 23.1 Å². The molecule has 0 fully saturated rings. The van der Waals surface area contributed by atoms with E-state index >= 15 is 0 Å². The standard InChI is InChI=1S/C13H7Br2.C11H8Br.2ClH.Zr/c14-10-1-3-12-8(6-10)5-9-7-11(15)2-4-13(9)12;12-11-7-5-10(6-8-11)9-3-1-2-4-9;;;/h1-4,6H,5H2;3-8H,1H2;2*1H;/q;;;;+2/p-2. The summed E-state index contributed by atoms with van der Waals surface area (Å²) < 4.78 is 6.84. The van der Waals surface area contributed by atoms with Gasteiger partial charge in [-0.15, -0.1) is 0 Å². The van der Waals surface area contributed by atoms with E-state index < -0.39 is 23.2 Å². The summed E-state index contributed by atoms with van der Waals surface area (Å²) >= 11 is 10.2. The normalized spacial score (nSPS) is 13.3. The molecule has 6 heteroatoms. The Hall–Kier alpha value is 0.0431. The van der Waals surface area contributed by atoms with Gasteiger partial charge in [-0.3, -0.25) is 0 Å². The summed E-state index contributed by atoms with van der Waals surface area (Å²) in [5, 5.41) is 0. The molecule has 0 bridgehead atoms. The molecule has 0 atom stereocenters. The Bertz CT molecular complexity index is 1170. The molecule has 0 N–H and O–H groups in total. The average molecular weight is 705 g/mol. The Morgan fingerprint density at radius 3 is 2.23 bits per heavy atom. The summed E-state index contributed by atoms with van der Waals surface area (Å²) in [6, 6.07) is 19.9. The largest absolute Gasteiger partial charge is 1.00 e. The smallest absolute Gasteiger partial charge is 1.00 e. The van der Waals surface area contributed by atoms with Crippen LogP contribution in [0.5, 0.6) is 0 Å². The van der Waals surface area contributed by atoms with Gasteiger partial charge in [0.25, 0.3) is 0 Å². The van der Waals surface area contributed by atoms with Gasteiger partial charge in [0.2, 0.25) is 0 Å². The minimum atomic E-state index is -0.851. The topological polar surface area (TPSA) is 0 Å². The molecule has 2 aliphatic rings. The Morgan fingerprint density at radius 1 is 0.767 bits per heavy atom. The summed E-state index contributed by atoms with van der Waals surface area (Å²) in [5.74, 6) is 0. The van der Waals surface area contributed by atoms with Gasteiger partial charge >= 0.3 is 204 Å². The second-order valence-corrected chi connectivity index (χ2v) is 13.2. The van der Waals surface area contributed by atoms with Gasteiger partial charge in [0.05, 0.1) is 0 Å². The zero-order valence-corrected chi connectivity index (χ0v) is 24.4. The van der Waals surface area contributed by atoms with E-state index in [1.54, 1.807) is 12.1 Å². The number of hydrogen-bond acceptors (Lipinski definition) is 0. The fraction of sp³-hybridized carbons (Fsp3) is 0.0833. The molecular weight excluding hydrogens is 690 g/mol. The number of allylic oxidation sites excluding steroid dienone is 4. The second-order valence-electron chi connectivity index (χ2n) is 7.09. The first-order chi connectivity index (χ1) is 13.6. The summed E-state index contributed by atoms with van der Waals surface area (Å²) in [6.45, 7) is 0. The van der Waals surface area contributed by atoms with Crippen molar-refractivity contribution in [3.63, 3.8) is 0 Å². The van der Waals surface area contributed by atoms with Gasteiger partial charge < -0.3 is 24.8 Å². The maximum atomic E-state index is 3.87. The molecule has 0 radical (unpaired) electrons. The molecule has 0 amide bonds. The number of halogens is 5. The van der Waals surface area contributed by atoms with Crippen molar-refractivity contribution in [1.82, 2.24) is 0 Å². The van der Waals surface area contributed by atoms with Crippen LogP contribution in [0.25, 0.3) is 16.7 Å². The van der Waals surface area contributed by atoms with Crippen molar-refractivity contribution in [3.05, 3.63) is 100 Å². The van der Waals surface area contributed by atoms with Crippen LogP contribution < -0.4 is 28.1 Å². The molecule has 3 aromatic carbocycles. The predicted octanol–water partition coefficient (Wildman–Crippen LogP) is 1.63. The first-order valence-electron chi connectivity index (χ1n) is 9.12. The fourth-order valence-corrected chi connectivity index (χ4v) is 8.87. The van der Waals surface area contributed by atoms with Crippen molar-refractivity contribution in [1.29, 1.82) is 0 Å². The average Bonchev–Trinajstić information content (AvgIpc) is 3.29. The third-order valence-electron chi connectivity index (χ3n) is 5.32. The van der Waals surface area contributed by atoms with Gasteiger partial charge in [-0.1, -0.05) is 0 Å². The Morgan fingerprint density at radius 2 is 1.47 bits per heavy atom. The minimum Gasteiger partial charge on any atom is -1.00 e. The number of hydrogen-bond donors (Lipinski definition) is 0. The first-order valence-corrected chi connectivity index (χ1v) is 14.0. The van der Waals surface area contributed by atoms with Crippen LogP contribution >= 0.6 is 47.8 Å². The zero-order valence-electron chi connectivity index (χ0n) is 15.7. The molecular formula is C24H15Br3Cl2Zr. The number of rotatable bonds is 3. The van der Waals surface area contributed by atoms with Gasteiger partial charge in [0, 0.05) is 0 Å². The third-order valence-corrected chi connectivity index (χ3v) is 11.6. The second kappa shape index (κ2) is 10.3.